The maximum Gasteiger partial charge on any atom is 0.151 e. The molecule has 2 N–H and O–H groups in total. The molecule has 2 atom stereocenters. The van der Waals surface area contributed by atoms with E-state index in [4.69, 9.17) is 5.73 Å². The molecule has 0 aromatic rings. The van der Waals surface area contributed by atoms with Crippen molar-refractivity contribution in [2.45, 2.75) is 46.1 Å². The summed E-state index contributed by atoms with van der Waals surface area (Å²) in [5.41, 5.74) is 5.81. The molecule has 2 unspecified atom stereocenters. The van der Waals surface area contributed by atoms with Gasteiger partial charge in [0.05, 0.1) is 11.5 Å². The maximum absolute atomic E-state index is 11.5. The van der Waals surface area contributed by atoms with Gasteiger partial charge in [0.15, 0.2) is 9.84 Å². The van der Waals surface area contributed by atoms with Gasteiger partial charge >= 0.3 is 0 Å². The van der Waals surface area contributed by atoms with E-state index < -0.39 is 9.84 Å². The lowest BCUT2D eigenvalue weighted by molar-refractivity contribution is 0.465. The molecule has 0 aromatic carbocycles. The topological polar surface area (TPSA) is 60.2 Å². The van der Waals surface area contributed by atoms with Crippen LogP contribution >= 0.6 is 0 Å². The highest BCUT2D eigenvalue weighted by atomic mass is 32.2. The molecule has 3 nitrogen and oxygen atoms in total. The molecule has 0 aromatic heterocycles. The van der Waals surface area contributed by atoms with Gasteiger partial charge in [0.2, 0.25) is 0 Å². The second-order valence-electron chi connectivity index (χ2n) is 4.02. The van der Waals surface area contributed by atoms with Gasteiger partial charge in [-0.3, -0.25) is 0 Å². The summed E-state index contributed by atoms with van der Waals surface area (Å²) in [6.07, 6.45) is 2.60. The highest BCUT2D eigenvalue weighted by Crippen LogP contribution is 2.09. The molecule has 0 saturated heterocycles. The lowest BCUT2D eigenvalue weighted by atomic mass is 10.0. The van der Waals surface area contributed by atoms with Crippen molar-refractivity contribution in [2.75, 3.05) is 11.5 Å². The van der Waals surface area contributed by atoms with Crippen LogP contribution in [0.4, 0.5) is 0 Å². The highest BCUT2D eigenvalue weighted by molar-refractivity contribution is 7.91. The summed E-state index contributed by atoms with van der Waals surface area (Å²) >= 11 is 0. The minimum atomic E-state index is -2.92. The van der Waals surface area contributed by atoms with Crippen LogP contribution in [0.1, 0.15) is 40.0 Å². The average molecular weight is 221 g/mol. The molecule has 0 aliphatic rings. The Bertz CT molecular complexity index is 237. The first-order valence-corrected chi connectivity index (χ1v) is 7.21. The Morgan fingerprint density at radius 2 is 1.86 bits per heavy atom. The summed E-state index contributed by atoms with van der Waals surface area (Å²) in [6, 6.07) is -0.207. The van der Waals surface area contributed by atoms with Gasteiger partial charge in [-0.15, -0.1) is 0 Å². The van der Waals surface area contributed by atoms with Crippen LogP contribution in [-0.4, -0.2) is 26.0 Å². The normalized spacial score (nSPS) is 16.6. The molecule has 0 aliphatic heterocycles. The van der Waals surface area contributed by atoms with E-state index in [2.05, 4.69) is 0 Å². The lowest BCUT2D eigenvalue weighted by Crippen LogP contribution is -2.36. The average Bonchev–Trinajstić information content (AvgIpc) is 2.12. The van der Waals surface area contributed by atoms with Gasteiger partial charge in [0, 0.05) is 6.04 Å². The van der Waals surface area contributed by atoms with Crippen molar-refractivity contribution >= 4 is 9.84 Å². The second kappa shape index (κ2) is 6.40. The number of sulfone groups is 1. The summed E-state index contributed by atoms with van der Waals surface area (Å²) in [6.45, 7) is 6.02. The summed E-state index contributed by atoms with van der Waals surface area (Å²) in [4.78, 5) is 0. The second-order valence-corrected chi connectivity index (χ2v) is 6.25. The Morgan fingerprint density at radius 3 is 2.29 bits per heavy atom. The summed E-state index contributed by atoms with van der Waals surface area (Å²) < 4.78 is 23.1. The molecule has 86 valence electrons. The molecular weight excluding hydrogens is 198 g/mol. The highest BCUT2D eigenvalue weighted by Gasteiger charge is 2.19. The summed E-state index contributed by atoms with van der Waals surface area (Å²) in [7, 11) is -2.92. The van der Waals surface area contributed by atoms with Crippen LogP contribution < -0.4 is 5.73 Å². The molecule has 0 heterocycles. The van der Waals surface area contributed by atoms with E-state index in [9.17, 15) is 8.42 Å². The van der Waals surface area contributed by atoms with Crippen molar-refractivity contribution in [3.63, 3.8) is 0 Å². The molecule has 0 radical (unpaired) electrons. The zero-order valence-electron chi connectivity index (χ0n) is 9.49. The van der Waals surface area contributed by atoms with E-state index in [0.29, 0.717) is 0 Å². The van der Waals surface area contributed by atoms with Gasteiger partial charge in [0.1, 0.15) is 0 Å². The number of hydrogen-bond donors (Lipinski definition) is 1. The Hall–Kier alpha value is -0.0900. The third kappa shape index (κ3) is 5.60. The van der Waals surface area contributed by atoms with E-state index in [1.165, 1.54) is 0 Å². The van der Waals surface area contributed by atoms with Crippen LogP contribution in [0.3, 0.4) is 0 Å². The van der Waals surface area contributed by atoms with Gasteiger partial charge in [-0.25, -0.2) is 8.42 Å². The van der Waals surface area contributed by atoms with Crippen LogP contribution in [0.25, 0.3) is 0 Å². The predicted octanol–water partition coefficient (Wildman–Crippen LogP) is 1.57. The van der Waals surface area contributed by atoms with Crippen molar-refractivity contribution in [1.82, 2.24) is 0 Å². The summed E-state index contributed by atoms with van der Waals surface area (Å²) in [5.74, 6) is 0.710. The van der Waals surface area contributed by atoms with Crippen LogP contribution in [0, 0.1) is 5.92 Å². The zero-order valence-corrected chi connectivity index (χ0v) is 10.3. The van der Waals surface area contributed by atoms with Gasteiger partial charge in [-0.05, 0) is 12.3 Å². The van der Waals surface area contributed by atoms with Crippen molar-refractivity contribution in [3.8, 4) is 0 Å². The van der Waals surface area contributed by atoms with Crippen LogP contribution in [0.2, 0.25) is 0 Å². The first-order valence-electron chi connectivity index (χ1n) is 5.39. The van der Waals surface area contributed by atoms with Gasteiger partial charge in [-0.2, -0.15) is 0 Å². The SMILES string of the molecule is CCCCS(=O)(=O)CC(N)C(C)CC. The van der Waals surface area contributed by atoms with E-state index in [0.717, 1.165) is 19.3 Å². The molecule has 0 bridgehead atoms. The Morgan fingerprint density at radius 1 is 1.29 bits per heavy atom. The third-order valence-corrected chi connectivity index (χ3v) is 4.43. The molecule has 14 heavy (non-hydrogen) atoms. The minimum absolute atomic E-state index is 0.141. The quantitative estimate of drug-likeness (QED) is 0.710. The van der Waals surface area contributed by atoms with E-state index in [-0.39, 0.29) is 23.5 Å². The van der Waals surface area contributed by atoms with Crippen molar-refractivity contribution in [2.24, 2.45) is 11.7 Å². The predicted molar refractivity (Wildman–Crippen MR) is 61.0 cm³/mol. The fourth-order valence-corrected chi connectivity index (χ4v) is 3.02. The molecule has 0 aliphatic carbocycles. The van der Waals surface area contributed by atoms with E-state index >= 15 is 0 Å². The molecule has 0 amide bonds. The smallest absolute Gasteiger partial charge is 0.151 e. The number of hydrogen-bond acceptors (Lipinski definition) is 3. The van der Waals surface area contributed by atoms with Gasteiger partial charge in [0.25, 0.3) is 0 Å². The van der Waals surface area contributed by atoms with E-state index in [1.54, 1.807) is 0 Å². The largest absolute Gasteiger partial charge is 0.327 e. The van der Waals surface area contributed by atoms with Crippen molar-refractivity contribution < 1.29 is 8.42 Å². The molecule has 0 rings (SSSR count). The number of nitrogens with two attached hydrogens (primary N) is 1. The van der Waals surface area contributed by atoms with Crippen molar-refractivity contribution in [3.05, 3.63) is 0 Å². The number of unbranched alkanes of at least 4 members (excludes halogenated alkanes) is 1. The Labute approximate surface area is 88.0 Å². The molecule has 4 heteroatoms. The standard InChI is InChI=1S/C10H23NO2S/c1-4-6-7-14(12,13)8-10(11)9(3)5-2/h9-10H,4-8,11H2,1-3H3. The molecule has 0 saturated carbocycles. The fraction of sp³-hybridized carbons (Fsp3) is 1.00. The van der Waals surface area contributed by atoms with Crippen LogP contribution in [-0.2, 0) is 9.84 Å². The lowest BCUT2D eigenvalue weighted by Gasteiger charge is -2.17. The summed E-state index contributed by atoms with van der Waals surface area (Å²) in [5, 5.41) is 0. The maximum atomic E-state index is 11.5. The Balaban J connectivity index is 4.08. The first-order chi connectivity index (χ1) is 6.43. The van der Waals surface area contributed by atoms with Crippen molar-refractivity contribution in [1.29, 1.82) is 0 Å². The number of rotatable bonds is 7. The zero-order chi connectivity index (χ0) is 11.2. The van der Waals surface area contributed by atoms with Crippen LogP contribution in [0.5, 0.6) is 0 Å². The first kappa shape index (κ1) is 13.9. The third-order valence-electron chi connectivity index (χ3n) is 2.63. The molecular formula is C10H23NO2S. The molecule has 0 spiro atoms. The van der Waals surface area contributed by atoms with Crippen LogP contribution in [0.15, 0.2) is 0 Å². The monoisotopic (exact) mass is 221 g/mol. The van der Waals surface area contributed by atoms with E-state index in [1.807, 2.05) is 20.8 Å². The van der Waals surface area contributed by atoms with Gasteiger partial charge < -0.3 is 5.73 Å². The molecule has 0 fully saturated rings. The van der Waals surface area contributed by atoms with Gasteiger partial charge in [-0.1, -0.05) is 33.6 Å². The Kier molecular flexibility index (Phi) is 6.36. The fourth-order valence-electron chi connectivity index (χ4n) is 1.21. The minimum Gasteiger partial charge on any atom is -0.327 e.